The number of benzene rings is 3. The Hall–Kier alpha value is -7.55. The molecule has 1 amide bonds. The summed E-state index contributed by atoms with van der Waals surface area (Å²) in [4.78, 5) is 56.6. The van der Waals surface area contributed by atoms with Gasteiger partial charge in [0, 0.05) is 65.4 Å². The predicted molar refractivity (Wildman–Crippen MR) is 207 cm³/mol. The molecular weight excluding hydrogens is 737 g/mol. The standard InChI is InChI=1S/C42H31F2N7O6/c1-22-7-6-8-30(48-22)38-39(51-16-5-2-9-36(51)50-38)31-12-15-47-42(49-31)46-14-4-3-13-45-40(54)25-17-23(41(55)56)10-11-24(25)37-26-18-28(43)32(52)20-34(26)57-35-21-33(53)29(44)19-27(35)37/h2,5-12,15-21,52H,3-4,13-14H2,1H3,(H,45,54)(H,55,56)(H,46,47,49). The molecule has 0 radical (unpaired) electrons. The summed E-state index contributed by atoms with van der Waals surface area (Å²) in [6, 6.07) is 20.9. The molecule has 0 atom stereocenters. The van der Waals surface area contributed by atoms with E-state index in [4.69, 9.17) is 14.4 Å². The van der Waals surface area contributed by atoms with Crippen LogP contribution < -0.4 is 16.1 Å². The zero-order chi connectivity index (χ0) is 39.8. The molecule has 1 aliphatic carbocycles. The average molecular weight is 768 g/mol. The first-order valence-corrected chi connectivity index (χ1v) is 17.8. The summed E-state index contributed by atoms with van der Waals surface area (Å²) in [5.74, 6) is -4.51. The van der Waals surface area contributed by atoms with Crippen molar-refractivity contribution in [2.75, 3.05) is 18.4 Å². The van der Waals surface area contributed by atoms with E-state index in [1.165, 1.54) is 18.2 Å². The van der Waals surface area contributed by atoms with Gasteiger partial charge in [-0.05, 0) is 79.9 Å². The molecule has 8 rings (SSSR count). The SMILES string of the molecule is Cc1cccc(-c2nc3ccccn3c2-c2ccnc(NCCCCNC(=O)c3cc(C(=O)O)ccc3-c3c4cc(F)c(=O)cc-4oc4cc(O)c(F)cc34)n2)n1. The highest BCUT2D eigenvalue weighted by Gasteiger charge is 2.25. The Morgan fingerprint density at radius 2 is 1.70 bits per heavy atom. The minimum absolute atomic E-state index is 0.0312. The van der Waals surface area contributed by atoms with Gasteiger partial charge in [0.25, 0.3) is 5.91 Å². The Balaban J connectivity index is 1.00. The number of halogens is 2. The van der Waals surface area contributed by atoms with Gasteiger partial charge in [0.05, 0.1) is 17.0 Å². The van der Waals surface area contributed by atoms with Gasteiger partial charge in [-0.1, -0.05) is 18.2 Å². The third kappa shape index (κ3) is 7.09. The van der Waals surface area contributed by atoms with E-state index in [1.807, 2.05) is 53.9 Å². The van der Waals surface area contributed by atoms with Crippen molar-refractivity contribution >= 4 is 34.4 Å². The van der Waals surface area contributed by atoms with Crippen molar-refractivity contribution in [1.29, 1.82) is 0 Å². The van der Waals surface area contributed by atoms with Crippen LogP contribution in [0.3, 0.4) is 0 Å². The fraction of sp³-hybridized carbons (Fsp3) is 0.119. The molecule has 0 bridgehead atoms. The number of fused-ring (bicyclic) bond motifs is 3. The molecule has 5 heterocycles. The van der Waals surface area contributed by atoms with Crippen LogP contribution in [0.1, 0.15) is 39.3 Å². The zero-order valence-electron chi connectivity index (χ0n) is 30.1. The summed E-state index contributed by atoms with van der Waals surface area (Å²) in [6.07, 6.45) is 4.65. The smallest absolute Gasteiger partial charge is 0.335 e. The lowest BCUT2D eigenvalue weighted by Crippen LogP contribution is -2.26. The monoisotopic (exact) mass is 767 g/mol. The lowest BCUT2D eigenvalue weighted by atomic mass is 9.89. The van der Waals surface area contributed by atoms with Crippen molar-refractivity contribution in [1.82, 2.24) is 29.7 Å². The minimum atomic E-state index is -1.30. The molecule has 0 fully saturated rings. The van der Waals surface area contributed by atoms with Crippen LogP contribution in [0.25, 0.3) is 61.8 Å². The molecule has 6 aromatic rings. The number of aromatic carboxylic acids is 1. The summed E-state index contributed by atoms with van der Waals surface area (Å²) in [5.41, 5.74) is 3.33. The second-order valence-electron chi connectivity index (χ2n) is 13.2. The summed E-state index contributed by atoms with van der Waals surface area (Å²) < 4.78 is 37.1. The maximum Gasteiger partial charge on any atom is 0.335 e. The molecule has 2 aliphatic rings. The van der Waals surface area contributed by atoms with Crippen molar-refractivity contribution in [3.8, 4) is 51.0 Å². The Kier molecular flexibility index (Phi) is 9.55. The molecule has 4 aromatic heterocycles. The summed E-state index contributed by atoms with van der Waals surface area (Å²) in [5, 5.41) is 25.9. The number of pyridine rings is 2. The Morgan fingerprint density at radius 1 is 0.860 bits per heavy atom. The number of carboxylic acid groups (broad SMARTS) is 1. The maximum atomic E-state index is 14.7. The first-order chi connectivity index (χ1) is 27.5. The van der Waals surface area contributed by atoms with E-state index in [0.29, 0.717) is 42.4 Å². The number of anilines is 1. The van der Waals surface area contributed by atoms with E-state index in [9.17, 15) is 33.4 Å². The molecular formula is C42H31F2N7O6. The number of aryl methyl sites for hydroxylation is 1. The van der Waals surface area contributed by atoms with Gasteiger partial charge in [-0.2, -0.15) is 0 Å². The number of phenolic OH excluding ortho intramolecular Hbond substituents is 1. The van der Waals surface area contributed by atoms with Crippen molar-refractivity contribution < 1.29 is 33.0 Å². The third-order valence-corrected chi connectivity index (χ3v) is 9.35. The second kappa shape index (κ2) is 14.9. The number of nitrogens with zero attached hydrogens (tertiary/aromatic N) is 5. The molecule has 1 aliphatic heterocycles. The number of imidazole rings is 1. The number of aromatic hydroxyl groups is 1. The number of unbranched alkanes of at least 4 members (excludes halogenated alkanes) is 1. The van der Waals surface area contributed by atoms with Gasteiger partial charge < -0.3 is 25.3 Å². The van der Waals surface area contributed by atoms with E-state index in [1.54, 1.807) is 12.3 Å². The lowest BCUT2D eigenvalue weighted by molar-refractivity contribution is 0.0697. The van der Waals surface area contributed by atoms with Gasteiger partial charge in [-0.15, -0.1) is 0 Å². The Morgan fingerprint density at radius 3 is 2.53 bits per heavy atom. The predicted octanol–water partition coefficient (Wildman–Crippen LogP) is 7.34. The largest absolute Gasteiger partial charge is 0.505 e. The summed E-state index contributed by atoms with van der Waals surface area (Å²) in [6.45, 7) is 2.56. The second-order valence-corrected chi connectivity index (χ2v) is 13.2. The van der Waals surface area contributed by atoms with Crippen LogP contribution in [0.5, 0.6) is 5.75 Å². The molecule has 0 unspecified atom stereocenters. The van der Waals surface area contributed by atoms with Gasteiger partial charge in [-0.3, -0.25) is 19.0 Å². The van der Waals surface area contributed by atoms with Gasteiger partial charge in [0.2, 0.25) is 11.4 Å². The Labute approximate surface area is 321 Å². The lowest BCUT2D eigenvalue weighted by Gasteiger charge is -2.18. The number of carbonyl (C=O) groups excluding carboxylic acids is 1. The average Bonchev–Trinajstić information content (AvgIpc) is 3.59. The molecule has 2 aromatic carbocycles. The minimum Gasteiger partial charge on any atom is -0.505 e. The Bertz CT molecular complexity index is 2910. The zero-order valence-corrected chi connectivity index (χ0v) is 30.1. The van der Waals surface area contributed by atoms with Crippen LogP contribution in [-0.2, 0) is 0 Å². The highest BCUT2D eigenvalue weighted by molar-refractivity contribution is 6.10. The quantitative estimate of drug-likeness (QED) is 0.0762. The molecule has 4 N–H and O–H groups in total. The van der Waals surface area contributed by atoms with E-state index >= 15 is 0 Å². The fourth-order valence-electron chi connectivity index (χ4n) is 6.69. The number of hydrogen-bond acceptors (Lipinski definition) is 10. The topological polar surface area (TPSA) is 185 Å². The number of nitrogens with one attached hydrogen (secondary N) is 2. The summed E-state index contributed by atoms with van der Waals surface area (Å²) in [7, 11) is 0. The molecule has 15 heteroatoms. The molecule has 57 heavy (non-hydrogen) atoms. The van der Waals surface area contributed by atoms with Crippen molar-refractivity contribution in [3.05, 3.63) is 136 Å². The van der Waals surface area contributed by atoms with Crippen molar-refractivity contribution in [3.63, 3.8) is 0 Å². The molecule has 0 saturated heterocycles. The van der Waals surface area contributed by atoms with E-state index in [2.05, 4.69) is 20.6 Å². The van der Waals surface area contributed by atoms with Gasteiger partial charge >= 0.3 is 5.97 Å². The number of hydrogen-bond donors (Lipinski definition) is 4. The molecule has 0 spiro atoms. The molecule has 13 nitrogen and oxygen atoms in total. The number of rotatable bonds is 11. The van der Waals surface area contributed by atoms with Crippen molar-refractivity contribution in [2.24, 2.45) is 0 Å². The van der Waals surface area contributed by atoms with E-state index in [-0.39, 0.29) is 51.1 Å². The van der Waals surface area contributed by atoms with Gasteiger partial charge in [-0.25, -0.2) is 28.5 Å². The number of amides is 1. The summed E-state index contributed by atoms with van der Waals surface area (Å²) >= 11 is 0. The van der Waals surface area contributed by atoms with Crippen LogP contribution in [0.4, 0.5) is 14.7 Å². The number of phenols is 1. The van der Waals surface area contributed by atoms with E-state index < -0.39 is 34.7 Å². The fourth-order valence-corrected chi connectivity index (χ4v) is 6.69. The van der Waals surface area contributed by atoms with E-state index in [0.717, 1.165) is 41.3 Å². The molecule has 0 saturated carbocycles. The number of carboxylic acids is 1. The highest BCUT2D eigenvalue weighted by atomic mass is 19.1. The maximum absolute atomic E-state index is 14.7. The van der Waals surface area contributed by atoms with Crippen LogP contribution in [-0.4, -0.2) is 59.5 Å². The van der Waals surface area contributed by atoms with Crippen LogP contribution in [0, 0.1) is 18.6 Å². The van der Waals surface area contributed by atoms with Crippen molar-refractivity contribution in [2.45, 2.75) is 19.8 Å². The van der Waals surface area contributed by atoms with Crippen LogP contribution >= 0.6 is 0 Å². The first kappa shape index (κ1) is 36.4. The first-order valence-electron chi connectivity index (χ1n) is 17.8. The van der Waals surface area contributed by atoms with Gasteiger partial charge in [0.15, 0.2) is 17.4 Å². The number of carbonyl (C=O) groups is 2. The third-order valence-electron chi connectivity index (χ3n) is 9.35. The van der Waals surface area contributed by atoms with Crippen LogP contribution in [0.2, 0.25) is 0 Å². The van der Waals surface area contributed by atoms with Gasteiger partial charge in [0.1, 0.15) is 28.4 Å². The number of aromatic nitrogens is 5. The highest BCUT2D eigenvalue weighted by Crippen LogP contribution is 2.43. The normalized spacial score (nSPS) is 11.4. The molecule has 284 valence electrons. The van der Waals surface area contributed by atoms with Crippen LogP contribution in [0.15, 0.2) is 107 Å².